The third kappa shape index (κ3) is 2.74. The van der Waals surface area contributed by atoms with Crippen LogP contribution >= 0.6 is 0 Å². The second-order valence-electron chi connectivity index (χ2n) is 3.85. The van der Waals surface area contributed by atoms with Gasteiger partial charge in [-0.05, 0) is 18.2 Å². The third-order valence-corrected chi connectivity index (χ3v) is 2.41. The smallest absolute Gasteiger partial charge is 0.201 e. The van der Waals surface area contributed by atoms with Gasteiger partial charge < -0.3 is 9.30 Å². The summed E-state index contributed by atoms with van der Waals surface area (Å²) in [6.45, 7) is -0.213. The van der Waals surface area contributed by atoms with Gasteiger partial charge in [0.05, 0.1) is 0 Å². The molecular formula is C13H11F2NO2. The molecule has 0 spiro atoms. The van der Waals surface area contributed by atoms with Crippen LogP contribution < -0.4 is 4.74 Å². The third-order valence-electron chi connectivity index (χ3n) is 2.41. The molecule has 0 radical (unpaired) electrons. The largest absolute Gasteiger partial charge is 0.485 e. The summed E-state index contributed by atoms with van der Waals surface area (Å²) in [4.78, 5) is 11.7. The Morgan fingerprint density at radius 1 is 1.28 bits per heavy atom. The van der Waals surface area contributed by atoms with Crippen LogP contribution in [0.3, 0.4) is 0 Å². The van der Waals surface area contributed by atoms with E-state index in [-0.39, 0.29) is 18.1 Å². The van der Waals surface area contributed by atoms with Crippen LogP contribution in [0, 0.1) is 11.6 Å². The highest BCUT2D eigenvalue weighted by Gasteiger charge is 2.09. The Hall–Kier alpha value is -2.17. The molecule has 2 rings (SSSR count). The second kappa shape index (κ2) is 5.00. The molecule has 0 amide bonds. The molecule has 0 bridgehead atoms. The average Bonchev–Trinajstić information content (AvgIpc) is 2.77. The normalized spacial score (nSPS) is 10.4. The fourth-order valence-electron chi connectivity index (χ4n) is 1.47. The first-order chi connectivity index (χ1) is 8.56. The Bertz CT molecular complexity index is 578. The Kier molecular flexibility index (Phi) is 3.41. The van der Waals surface area contributed by atoms with E-state index >= 15 is 0 Å². The fourth-order valence-corrected chi connectivity index (χ4v) is 1.47. The summed E-state index contributed by atoms with van der Waals surface area (Å²) in [5.74, 6) is -2.05. The molecule has 0 N–H and O–H groups in total. The minimum Gasteiger partial charge on any atom is -0.485 e. The molecule has 0 unspecified atom stereocenters. The number of benzene rings is 1. The number of carbonyl (C=O) groups is 1. The van der Waals surface area contributed by atoms with Gasteiger partial charge in [0.15, 0.2) is 18.2 Å². The lowest BCUT2D eigenvalue weighted by Crippen LogP contribution is -2.11. The van der Waals surface area contributed by atoms with Crippen molar-refractivity contribution in [3.05, 3.63) is 53.9 Å². The van der Waals surface area contributed by atoms with Crippen molar-refractivity contribution >= 4 is 5.78 Å². The highest BCUT2D eigenvalue weighted by atomic mass is 19.2. The van der Waals surface area contributed by atoms with Crippen LogP contribution in [0.5, 0.6) is 5.75 Å². The molecule has 18 heavy (non-hydrogen) atoms. The lowest BCUT2D eigenvalue weighted by Gasteiger charge is -2.04. The van der Waals surface area contributed by atoms with Crippen LogP contribution in [0.25, 0.3) is 0 Å². The van der Waals surface area contributed by atoms with Gasteiger partial charge in [-0.2, -0.15) is 0 Å². The maximum atomic E-state index is 12.9. The van der Waals surface area contributed by atoms with Gasteiger partial charge in [0.2, 0.25) is 5.78 Å². The summed E-state index contributed by atoms with van der Waals surface area (Å²) in [7, 11) is 1.80. The Balaban J connectivity index is 1.99. The van der Waals surface area contributed by atoms with Crippen LogP contribution in [0.1, 0.15) is 10.4 Å². The number of Topliss-reactive ketones (excluding diaryl/α,β-unsaturated/α-hetero) is 1. The van der Waals surface area contributed by atoms with Crippen LogP contribution in [0.2, 0.25) is 0 Å². The van der Waals surface area contributed by atoms with Crippen molar-refractivity contribution in [2.45, 2.75) is 0 Å². The van der Waals surface area contributed by atoms with Gasteiger partial charge in [-0.3, -0.25) is 4.79 Å². The second-order valence-corrected chi connectivity index (χ2v) is 3.85. The van der Waals surface area contributed by atoms with E-state index in [0.29, 0.717) is 5.56 Å². The predicted molar refractivity (Wildman–Crippen MR) is 61.6 cm³/mol. The minimum absolute atomic E-state index is 0.123. The highest BCUT2D eigenvalue weighted by molar-refractivity contribution is 5.97. The van der Waals surface area contributed by atoms with E-state index in [0.717, 1.165) is 12.1 Å². The van der Waals surface area contributed by atoms with Gasteiger partial charge in [0, 0.05) is 31.1 Å². The molecule has 5 heteroatoms. The maximum absolute atomic E-state index is 12.9. The molecule has 0 aliphatic heterocycles. The van der Waals surface area contributed by atoms with Gasteiger partial charge in [-0.1, -0.05) is 0 Å². The SMILES string of the molecule is Cn1ccc(C(=O)COc2ccc(F)c(F)c2)c1. The number of aryl methyl sites for hydroxylation is 1. The van der Waals surface area contributed by atoms with E-state index in [1.807, 2.05) is 0 Å². The van der Waals surface area contributed by atoms with E-state index in [4.69, 9.17) is 4.74 Å². The van der Waals surface area contributed by atoms with Crippen LogP contribution in [0.15, 0.2) is 36.7 Å². The number of nitrogens with zero attached hydrogens (tertiary/aromatic N) is 1. The van der Waals surface area contributed by atoms with Gasteiger partial charge >= 0.3 is 0 Å². The molecule has 0 aliphatic carbocycles. The molecular weight excluding hydrogens is 240 g/mol. The highest BCUT2D eigenvalue weighted by Crippen LogP contribution is 2.15. The molecule has 0 fully saturated rings. The van der Waals surface area contributed by atoms with Crippen molar-refractivity contribution in [3.63, 3.8) is 0 Å². The molecule has 0 saturated heterocycles. The first-order valence-corrected chi connectivity index (χ1v) is 5.29. The monoisotopic (exact) mass is 251 g/mol. The van der Waals surface area contributed by atoms with Gasteiger partial charge in [-0.15, -0.1) is 0 Å². The predicted octanol–water partition coefficient (Wildman–Crippen LogP) is 2.57. The Morgan fingerprint density at radius 3 is 2.67 bits per heavy atom. The molecule has 0 aliphatic rings. The summed E-state index contributed by atoms with van der Waals surface area (Å²) >= 11 is 0. The van der Waals surface area contributed by atoms with Crippen molar-refractivity contribution in [1.82, 2.24) is 4.57 Å². The molecule has 1 aromatic carbocycles. The molecule has 0 saturated carbocycles. The van der Waals surface area contributed by atoms with Gasteiger partial charge in [0.1, 0.15) is 5.75 Å². The molecule has 94 valence electrons. The average molecular weight is 251 g/mol. The van der Waals surface area contributed by atoms with E-state index < -0.39 is 11.6 Å². The molecule has 1 heterocycles. The maximum Gasteiger partial charge on any atom is 0.201 e. The minimum atomic E-state index is -1.00. The van der Waals surface area contributed by atoms with Crippen molar-refractivity contribution < 1.29 is 18.3 Å². The summed E-state index contributed by atoms with van der Waals surface area (Å²) < 4.78 is 32.4. The van der Waals surface area contributed by atoms with Crippen LogP contribution in [-0.2, 0) is 7.05 Å². The number of rotatable bonds is 4. The van der Waals surface area contributed by atoms with Crippen molar-refractivity contribution in [2.75, 3.05) is 6.61 Å². The number of aromatic nitrogens is 1. The topological polar surface area (TPSA) is 31.2 Å². The van der Waals surface area contributed by atoms with Crippen molar-refractivity contribution in [3.8, 4) is 5.75 Å². The summed E-state index contributed by atoms with van der Waals surface area (Å²) in [6.07, 6.45) is 3.40. The van der Waals surface area contributed by atoms with Crippen molar-refractivity contribution in [1.29, 1.82) is 0 Å². The standard InChI is InChI=1S/C13H11F2NO2/c1-16-5-4-9(7-16)13(17)8-18-10-2-3-11(14)12(15)6-10/h2-7H,8H2,1H3. The number of carbonyl (C=O) groups excluding carboxylic acids is 1. The van der Waals surface area contributed by atoms with E-state index in [2.05, 4.69) is 0 Å². The number of ether oxygens (including phenoxy) is 1. The molecule has 0 atom stereocenters. The van der Waals surface area contributed by atoms with E-state index in [1.165, 1.54) is 6.07 Å². The lowest BCUT2D eigenvalue weighted by atomic mass is 10.2. The van der Waals surface area contributed by atoms with Crippen molar-refractivity contribution in [2.24, 2.45) is 7.05 Å². The number of halogens is 2. The number of hydrogen-bond donors (Lipinski definition) is 0. The Labute approximate surface area is 103 Å². The summed E-state index contributed by atoms with van der Waals surface area (Å²) in [5.41, 5.74) is 0.514. The van der Waals surface area contributed by atoms with Crippen LogP contribution in [-0.4, -0.2) is 17.0 Å². The number of ketones is 1. The quantitative estimate of drug-likeness (QED) is 0.782. The van der Waals surface area contributed by atoms with E-state index in [1.54, 1.807) is 30.1 Å². The van der Waals surface area contributed by atoms with Crippen LogP contribution in [0.4, 0.5) is 8.78 Å². The van der Waals surface area contributed by atoms with Gasteiger partial charge in [-0.25, -0.2) is 8.78 Å². The Morgan fingerprint density at radius 2 is 2.06 bits per heavy atom. The molecule has 2 aromatic rings. The zero-order valence-corrected chi connectivity index (χ0v) is 9.69. The fraction of sp³-hybridized carbons (Fsp3) is 0.154. The number of hydrogen-bond acceptors (Lipinski definition) is 2. The zero-order chi connectivity index (χ0) is 13.1. The lowest BCUT2D eigenvalue weighted by molar-refractivity contribution is 0.0921. The zero-order valence-electron chi connectivity index (χ0n) is 9.69. The van der Waals surface area contributed by atoms with Gasteiger partial charge in [0.25, 0.3) is 0 Å². The van der Waals surface area contributed by atoms with E-state index in [9.17, 15) is 13.6 Å². The summed E-state index contributed by atoms with van der Waals surface area (Å²) in [5, 5.41) is 0. The first-order valence-electron chi connectivity index (χ1n) is 5.29. The molecule has 1 aromatic heterocycles. The molecule has 3 nitrogen and oxygen atoms in total. The summed E-state index contributed by atoms with van der Waals surface area (Å²) in [6, 6.07) is 4.80. The first kappa shape index (κ1) is 12.3.